The van der Waals surface area contributed by atoms with Gasteiger partial charge in [0, 0.05) is 151 Å². The summed E-state index contributed by atoms with van der Waals surface area (Å²) < 4.78 is 7.16. The zero-order valence-corrected chi connectivity index (χ0v) is 81.2. The first-order valence-corrected chi connectivity index (χ1v) is 45.7. The summed E-state index contributed by atoms with van der Waals surface area (Å²) in [7, 11) is 0. The van der Waals surface area contributed by atoms with Crippen molar-refractivity contribution in [3.63, 3.8) is 0 Å². The molecule has 1 aliphatic carbocycles. The molecule has 10 heterocycles. The van der Waals surface area contributed by atoms with E-state index in [2.05, 4.69) is 107 Å². The quantitative estimate of drug-likeness (QED) is 0.0124. The van der Waals surface area contributed by atoms with Gasteiger partial charge in [-0.25, -0.2) is 54.1 Å². The SMILES string of the molecule is Cc1cn(CC(=O)N(CCNC(=O)CN(CCNC(=O)CN(CCNC(=O)CN(CCNC(=O)CN(CCNC(=O)CN(CCNC(=O)C2=CC(=O)C(=O)C=C2)C(=O)Cn2cc(C)c(=O)[nH]c2=O)C(=O)Cn2cnc3c(N)ncnc32)C(=O)Cn2cnc3c(=O)[nH]c(N)nc32)C(=O)Cn2ccc(N)nc2=O)C(=O)Cn2cnc3c(N)ncnc32)CC(=O)NCCN(CC(=O)NC(C)C)C(=O)Cn2cc(C)c(=O)[nH]c2=O)c(=O)[nH]c1=O. The van der Waals surface area contributed by atoms with Crippen LogP contribution < -0.4 is 110 Å². The van der Waals surface area contributed by atoms with Gasteiger partial charge in [-0.2, -0.15) is 9.97 Å². The molecule has 0 fully saturated rings. The lowest BCUT2D eigenvalue weighted by Gasteiger charge is -2.26. The molecule has 1 aliphatic rings. The number of aryl methyl sites for hydroxylation is 3. The lowest BCUT2D eigenvalue weighted by molar-refractivity contribution is -0.138. The summed E-state index contributed by atoms with van der Waals surface area (Å²) in [4.78, 5) is 387. The summed E-state index contributed by atoms with van der Waals surface area (Å²) in [5, 5.41) is 20.5. The first kappa shape index (κ1) is 111. The fourth-order valence-corrected chi connectivity index (χ4v) is 14.6. The molecule has 0 saturated heterocycles. The van der Waals surface area contributed by atoms with Gasteiger partial charge in [0.05, 0.1) is 64.8 Å². The second kappa shape index (κ2) is 51.1. The Morgan fingerprint density at radius 3 is 0.973 bits per heavy atom. The molecule has 0 spiro atoms. The fourth-order valence-electron chi connectivity index (χ4n) is 14.6. The van der Waals surface area contributed by atoms with Gasteiger partial charge in [0.1, 0.15) is 75.3 Å². The first-order chi connectivity index (χ1) is 71.3. The predicted octanol–water partition coefficient (Wildman–Crippen LogP) is -14.3. The van der Waals surface area contributed by atoms with Crippen molar-refractivity contribution in [1.82, 2.24) is 174 Å². The van der Waals surface area contributed by atoms with Crippen LogP contribution in [0.4, 0.5) is 23.4 Å². The van der Waals surface area contributed by atoms with Gasteiger partial charge >= 0.3 is 22.8 Å². The Balaban J connectivity index is 0.758. The monoisotopic (exact) mass is 2080 g/mol. The van der Waals surface area contributed by atoms with Crippen molar-refractivity contribution in [2.45, 2.75) is 86.5 Å². The molecule has 10 aromatic heterocycles. The Kier molecular flexibility index (Phi) is 37.7. The van der Waals surface area contributed by atoms with E-state index in [1.807, 2.05) is 0 Å². The number of nitrogen functional groups attached to an aromatic ring is 4. The van der Waals surface area contributed by atoms with E-state index in [-0.39, 0.29) is 105 Å². The molecule has 11 rings (SSSR count). The lowest BCUT2D eigenvalue weighted by atomic mass is 10.0. The Bertz CT molecular complexity index is 7520. The normalized spacial score (nSPS) is 11.6. The molecule has 0 unspecified atom stereocenters. The Hall–Kier alpha value is -19.6. The van der Waals surface area contributed by atoms with E-state index in [4.69, 9.17) is 22.9 Å². The molecule has 20 N–H and O–H groups in total. The topological polar surface area (TPSA) is 863 Å². The molecule has 0 aliphatic heterocycles. The molecule has 794 valence electrons. The molecule has 64 nitrogen and oxygen atoms in total. The van der Waals surface area contributed by atoms with Crippen LogP contribution in [0.3, 0.4) is 0 Å². The average molecular weight is 2090 g/mol. The molecular weight excluding hydrogens is 1980 g/mol. The van der Waals surface area contributed by atoms with E-state index in [9.17, 15) is 120 Å². The molecule has 64 heteroatoms. The number of imidazole rings is 3. The van der Waals surface area contributed by atoms with Crippen LogP contribution in [0.15, 0.2) is 125 Å². The number of ketones is 2. The van der Waals surface area contributed by atoms with Crippen LogP contribution in [0, 0.1) is 20.8 Å². The van der Waals surface area contributed by atoms with Gasteiger partial charge in [-0.15, -0.1) is 0 Å². The molecule has 10 aromatic rings. The van der Waals surface area contributed by atoms with Crippen molar-refractivity contribution < 1.29 is 81.5 Å². The fraction of sp³-hybridized carbons (Fsp3) is 0.395. The molecule has 0 atom stereocenters. The number of nitrogens with two attached hydrogens (primary N) is 4. The number of carbonyl (C=O) groups excluding carboxylic acids is 17. The van der Waals surface area contributed by atoms with Gasteiger partial charge in [-0.05, 0) is 52.8 Å². The number of nitrogens with zero attached hydrogens (tertiary/aromatic N) is 23. The Labute approximate surface area is 841 Å². The standard InChI is InChI=1S/C86H105N39O25/c1-47(2)105-61(134)34-118(65(138)38-122-27-50(5)79(144)111-86(122)150)22-14-96-56(129)29-113(63(136)36-120-25-48(3)77(142)109-84(120)148)18-10-92-57(130)30-114(66(139)39-123-44-102-69-72(88)98-42-100-74(69)123)19-11-93-55(128)28-112(62(135)35-119-16-8-54(87)106-83(119)147)17-9-91-59(132)32-116(68(141)41-125-46-104-71-76(125)107-82(90)108-81(71)146)21-13-94-58(131)31-115(67(140)40-124-45-103-70-73(89)99-43-101-75(70)124)20-12-95-60(133)33-117(64(137)37-121-26-49(4)78(143)110-85(121)149)23-15-97-80(145)51-6-7-52(126)53(127)24-51/h6-8,16,24-27,42-47H,9-15,17-23,28-41H2,1-5H3,(H,91,132)(H,92,130)(H,93,128)(H,94,131)(H,95,133)(H,96,129)(H,97,145)(H,105,134)(H2,87,106,147)(H2,88,98,100)(H2,89,99,101)(H,109,142,148)(H,110,143,149)(H,111,144,150)(H3,90,107,108,146). The van der Waals surface area contributed by atoms with Crippen LogP contribution in [0.5, 0.6) is 0 Å². The number of allylic oxidation sites excluding steroid dienone is 2. The maximum Gasteiger partial charge on any atom is 0.349 e. The number of hydrogen-bond acceptors (Lipinski definition) is 38. The molecule has 15 amide bonds. The van der Waals surface area contributed by atoms with E-state index in [1.54, 1.807) is 13.8 Å². The van der Waals surface area contributed by atoms with Crippen LogP contribution in [0.2, 0.25) is 0 Å². The van der Waals surface area contributed by atoms with Gasteiger partial charge < -0.3 is 113 Å². The van der Waals surface area contributed by atoms with Crippen molar-refractivity contribution in [1.29, 1.82) is 0 Å². The number of H-pyrrole nitrogens is 4. The molecular formula is C86H105N39O25. The third-order valence-corrected chi connectivity index (χ3v) is 22.3. The van der Waals surface area contributed by atoms with Gasteiger partial charge in [0.2, 0.25) is 100 Å². The van der Waals surface area contributed by atoms with Gasteiger partial charge in [-0.1, -0.05) is 0 Å². The molecule has 0 radical (unpaired) electrons. The van der Waals surface area contributed by atoms with Crippen molar-refractivity contribution >= 4 is 157 Å². The number of carbonyl (C=O) groups is 17. The number of aromatic nitrogens is 20. The Morgan fingerprint density at radius 1 is 0.340 bits per heavy atom. The summed E-state index contributed by atoms with van der Waals surface area (Å²) in [6.45, 7) is -9.07. The number of hydrogen-bond donors (Lipinski definition) is 16. The maximum absolute atomic E-state index is 14.6. The third-order valence-electron chi connectivity index (χ3n) is 22.3. The zero-order valence-electron chi connectivity index (χ0n) is 81.2. The van der Waals surface area contributed by atoms with Crippen molar-refractivity contribution in [2.75, 3.05) is 160 Å². The van der Waals surface area contributed by atoms with Crippen molar-refractivity contribution in [2.24, 2.45) is 0 Å². The minimum absolute atomic E-state index is 0.0259. The molecule has 0 bridgehead atoms. The maximum atomic E-state index is 14.6. The summed E-state index contributed by atoms with van der Waals surface area (Å²) in [6, 6.07) is 0.828. The highest BCUT2D eigenvalue weighted by Crippen LogP contribution is 2.18. The molecule has 0 aromatic carbocycles. The van der Waals surface area contributed by atoms with Crippen molar-refractivity contribution in [3.8, 4) is 0 Å². The minimum Gasteiger partial charge on any atom is -0.383 e. The van der Waals surface area contributed by atoms with Gasteiger partial charge in [0.25, 0.3) is 28.1 Å². The average Bonchev–Trinajstić information content (AvgIpc) is 1.66. The van der Waals surface area contributed by atoms with Crippen LogP contribution in [0.1, 0.15) is 30.5 Å². The van der Waals surface area contributed by atoms with Gasteiger partial charge in [0.15, 0.2) is 34.1 Å². The summed E-state index contributed by atoms with van der Waals surface area (Å²) >= 11 is 0. The number of aromatic amines is 4. The third kappa shape index (κ3) is 31.0. The van der Waals surface area contributed by atoms with Crippen LogP contribution in [0.25, 0.3) is 33.5 Å². The second-order valence-electron chi connectivity index (χ2n) is 33.9. The van der Waals surface area contributed by atoms with Crippen LogP contribution in [-0.2, 0) is 127 Å². The number of fused-ring (bicyclic) bond motifs is 3. The van der Waals surface area contributed by atoms with Crippen molar-refractivity contribution in [3.05, 3.63) is 186 Å². The largest absolute Gasteiger partial charge is 0.383 e. The molecule has 150 heavy (non-hydrogen) atoms. The highest BCUT2D eigenvalue weighted by atomic mass is 16.2. The number of anilines is 4. The lowest BCUT2D eigenvalue weighted by Crippen LogP contribution is -2.50. The first-order valence-electron chi connectivity index (χ1n) is 45.7. The second-order valence-corrected chi connectivity index (χ2v) is 33.9. The van der Waals surface area contributed by atoms with E-state index in [0.717, 1.165) is 119 Å². The van der Waals surface area contributed by atoms with Crippen LogP contribution >= 0.6 is 0 Å². The summed E-state index contributed by atoms with van der Waals surface area (Å²) in [5.41, 5.74) is 16.7. The predicted molar refractivity (Wildman–Crippen MR) is 521 cm³/mol. The Morgan fingerprint density at radius 2 is 0.647 bits per heavy atom. The van der Waals surface area contributed by atoms with Gasteiger partial charge in [-0.3, -0.25) is 139 Å². The van der Waals surface area contributed by atoms with E-state index in [1.165, 1.54) is 48.6 Å². The van der Waals surface area contributed by atoms with Crippen LogP contribution in [-0.4, -0.2) is 375 Å². The molecule has 0 saturated carbocycles. The smallest absolute Gasteiger partial charge is 0.349 e. The summed E-state index contributed by atoms with van der Waals surface area (Å²) in [6.07, 6.45) is 13.0. The van der Waals surface area contributed by atoms with E-state index >= 15 is 0 Å². The highest BCUT2D eigenvalue weighted by Gasteiger charge is 2.31. The number of amides is 15. The number of nitrogens with one attached hydrogen (secondary N) is 12. The van der Waals surface area contributed by atoms with E-state index < -0.39 is 309 Å². The summed E-state index contributed by atoms with van der Waals surface area (Å²) in [5.74, 6) is -15.5. The zero-order chi connectivity index (χ0) is 109. The van der Waals surface area contributed by atoms with E-state index in [0.29, 0.717) is 0 Å². The number of rotatable bonds is 51. The minimum atomic E-state index is -1.00. The highest BCUT2D eigenvalue weighted by molar-refractivity contribution is 6.47.